The summed E-state index contributed by atoms with van der Waals surface area (Å²) in [5.74, 6) is -0.249. The molecule has 4 fully saturated rings. The molecule has 2 N–H and O–H groups in total. The fraction of sp³-hybridized carbons (Fsp3) is 0.476. The van der Waals surface area contributed by atoms with Crippen LogP contribution in [0.2, 0.25) is 0 Å². The molecule has 2 saturated heterocycles. The van der Waals surface area contributed by atoms with Gasteiger partial charge in [-0.2, -0.15) is 18.3 Å². The van der Waals surface area contributed by atoms with E-state index in [4.69, 9.17) is 5.10 Å². The Labute approximate surface area is 326 Å². The van der Waals surface area contributed by atoms with E-state index in [1.807, 2.05) is 30.5 Å². The van der Waals surface area contributed by atoms with Crippen molar-refractivity contribution in [3.8, 4) is 0 Å². The summed E-state index contributed by atoms with van der Waals surface area (Å²) < 4.78 is 45.0. The molecule has 2 saturated carbocycles. The predicted molar refractivity (Wildman–Crippen MR) is 207 cm³/mol. The summed E-state index contributed by atoms with van der Waals surface area (Å²) in [5.41, 5.74) is 3.50. The second-order valence-electron chi connectivity index (χ2n) is 16.4. The molecule has 9 rings (SSSR count). The van der Waals surface area contributed by atoms with Crippen molar-refractivity contribution in [1.82, 2.24) is 34.1 Å². The number of carbonyl (C=O) groups excluding carboxylic acids is 3. The van der Waals surface area contributed by atoms with E-state index in [1.54, 1.807) is 16.2 Å². The van der Waals surface area contributed by atoms with E-state index in [1.165, 1.54) is 12.1 Å². The van der Waals surface area contributed by atoms with Gasteiger partial charge in [0.05, 0.1) is 22.6 Å². The van der Waals surface area contributed by atoms with Gasteiger partial charge in [-0.3, -0.25) is 33.5 Å². The van der Waals surface area contributed by atoms with Gasteiger partial charge in [-0.1, -0.05) is 18.2 Å². The first-order valence-electron chi connectivity index (χ1n) is 20.1. The van der Waals surface area contributed by atoms with E-state index >= 15 is 0 Å². The summed E-state index contributed by atoms with van der Waals surface area (Å²) in [5, 5.41) is 11.1. The van der Waals surface area contributed by atoms with Gasteiger partial charge >= 0.3 is 11.9 Å². The topological polar surface area (TPSA) is 136 Å². The number of amides is 3. The molecule has 2 aromatic carbocycles. The number of rotatable bonds is 8. The molecule has 0 bridgehead atoms. The highest BCUT2D eigenvalue weighted by Gasteiger charge is 2.35. The van der Waals surface area contributed by atoms with Gasteiger partial charge in [-0.05, 0) is 130 Å². The second kappa shape index (κ2) is 14.6. The molecule has 0 radical (unpaired) electrons. The molecule has 12 nitrogen and oxygen atoms in total. The van der Waals surface area contributed by atoms with Crippen LogP contribution in [-0.2, 0) is 22.8 Å². The number of para-hydroxylation sites is 1. The number of hydrogen-bond donors (Lipinski definition) is 2. The average Bonchev–Trinajstić information content (AvgIpc) is 3.91. The van der Waals surface area contributed by atoms with Crippen LogP contribution in [0.25, 0.3) is 21.9 Å². The fourth-order valence-electron chi connectivity index (χ4n) is 9.45. The van der Waals surface area contributed by atoms with Gasteiger partial charge < -0.3 is 10.2 Å². The lowest BCUT2D eigenvalue weighted by Gasteiger charge is -2.37. The molecular formula is C42H45F3N8O4. The summed E-state index contributed by atoms with van der Waals surface area (Å²) in [6, 6.07) is 12.8. The van der Waals surface area contributed by atoms with Crippen LogP contribution >= 0.6 is 0 Å². The van der Waals surface area contributed by atoms with Crippen LogP contribution < -0.4 is 16.3 Å². The van der Waals surface area contributed by atoms with Crippen LogP contribution in [0.4, 0.5) is 18.9 Å². The van der Waals surface area contributed by atoms with Gasteiger partial charge in [0.2, 0.25) is 11.8 Å². The molecule has 5 heterocycles. The van der Waals surface area contributed by atoms with Crippen molar-refractivity contribution in [2.75, 3.05) is 25.0 Å². The normalized spacial score (nSPS) is 22.6. The molecule has 3 aromatic heterocycles. The monoisotopic (exact) mass is 782 g/mol. The number of pyridine rings is 1. The number of aryl methyl sites for hydroxylation is 1. The van der Waals surface area contributed by atoms with Crippen LogP contribution in [0.3, 0.4) is 0 Å². The number of alkyl halides is 3. The standard InChI is InChI=1S/C42H45F3N8O4/c1-50-38-29(4-2-6-34(38)53(41(50)57)35-14-15-37(54)48-40(35)56)26-16-18-51(19-17-26)22-24-8-12-28(13-9-24)52-23-27-20-33(30(25-10-11-25)21-32(27)49-52)47-39(55)31-5-3-7-36(46-31)42(43,44)45/h2-7,20-21,23-26,28,35H,8-19,22H2,1H3,(H,47,55)(H,48,54,56). The van der Waals surface area contributed by atoms with Gasteiger partial charge in [-0.25, -0.2) is 9.78 Å². The highest BCUT2D eigenvalue weighted by Crippen LogP contribution is 2.45. The van der Waals surface area contributed by atoms with E-state index in [0.717, 1.165) is 110 Å². The van der Waals surface area contributed by atoms with Crippen LogP contribution in [0, 0.1) is 5.92 Å². The number of carbonyl (C=O) groups is 3. The first-order valence-corrected chi connectivity index (χ1v) is 20.1. The number of benzene rings is 2. The number of nitrogens with one attached hydrogen (secondary N) is 2. The summed E-state index contributed by atoms with van der Waals surface area (Å²) in [7, 11) is 1.77. The molecular weight excluding hydrogens is 738 g/mol. The quantitative estimate of drug-likeness (QED) is 0.165. The highest BCUT2D eigenvalue weighted by atomic mass is 19.4. The number of halogens is 3. The number of hydrogen-bond acceptors (Lipinski definition) is 7. The maximum absolute atomic E-state index is 13.5. The minimum atomic E-state index is -4.64. The number of piperidine rings is 2. The molecule has 298 valence electrons. The van der Waals surface area contributed by atoms with Crippen molar-refractivity contribution in [3.05, 3.63) is 87.7 Å². The highest BCUT2D eigenvalue weighted by molar-refractivity contribution is 6.04. The van der Waals surface area contributed by atoms with E-state index < -0.39 is 29.7 Å². The van der Waals surface area contributed by atoms with Crippen molar-refractivity contribution in [1.29, 1.82) is 0 Å². The molecule has 3 amide bonds. The van der Waals surface area contributed by atoms with Crippen molar-refractivity contribution in [2.24, 2.45) is 13.0 Å². The Morgan fingerprint density at radius 2 is 1.63 bits per heavy atom. The Morgan fingerprint density at radius 1 is 0.895 bits per heavy atom. The number of anilines is 1. The second-order valence-corrected chi connectivity index (χ2v) is 16.4. The Morgan fingerprint density at radius 3 is 2.35 bits per heavy atom. The zero-order valence-corrected chi connectivity index (χ0v) is 31.7. The Hall–Kier alpha value is -5.31. The Balaban J connectivity index is 0.822. The molecule has 15 heteroatoms. The third-order valence-electron chi connectivity index (χ3n) is 12.6. The minimum absolute atomic E-state index is 0.210. The smallest absolute Gasteiger partial charge is 0.320 e. The Bertz CT molecular complexity index is 2450. The largest absolute Gasteiger partial charge is 0.433 e. The number of imide groups is 1. The number of aromatic nitrogens is 5. The predicted octanol–water partition coefficient (Wildman–Crippen LogP) is 6.82. The zero-order valence-electron chi connectivity index (χ0n) is 31.7. The van der Waals surface area contributed by atoms with Crippen molar-refractivity contribution in [3.63, 3.8) is 0 Å². The molecule has 2 aliphatic carbocycles. The van der Waals surface area contributed by atoms with E-state index in [-0.39, 0.29) is 35.7 Å². The first-order chi connectivity index (χ1) is 27.4. The summed E-state index contributed by atoms with van der Waals surface area (Å²) >= 11 is 0. The van der Waals surface area contributed by atoms with E-state index in [2.05, 4.69) is 31.3 Å². The van der Waals surface area contributed by atoms with Crippen LogP contribution in [0.15, 0.2) is 59.5 Å². The summed E-state index contributed by atoms with van der Waals surface area (Å²) in [6.45, 7) is 2.99. The molecule has 2 aliphatic heterocycles. The molecule has 1 unspecified atom stereocenters. The third kappa shape index (κ3) is 7.26. The number of fused-ring (bicyclic) bond motifs is 2. The third-order valence-corrected chi connectivity index (χ3v) is 12.6. The van der Waals surface area contributed by atoms with E-state index in [0.29, 0.717) is 23.9 Å². The van der Waals surface area contributed by atoms with Crippen molar-refractivity contribution < 1.29 is 27.6 Å². The molecule has 57 heavy (non-hydrogen) atoms. The average molecular weight is 783 g/mol. The van der Waals surface area contributed by atoms with E-state index in [9.17, 15) is 32.3 Å². The van der Waals surface area contributed by atoms with Crippen LogP contribution in [0.1, 0.15) is 115 Å². The molecule has 1 atom stereocenters. The summed E-state index contributed by atoms with van der Waals surface area (Å²) in [4.78, 5) is 57.2. The lowest BCUT2D eigenvalue weighted by atomic mass is 9.84. The minimum Gasteiger partial charge on any atom is -0.320 e. The molecule has 5 aromatic rings. The van der Waals surface area contributed by atoms with Crippen LogP contribution in [0.5, 0.6) is 0 Å². The van der Waals surface area contributed by atoms with Crippen molar-refractivity contribution >= 4 is 45.3 Å². The summed E-state index contributed by atoms with van der Waals surface area (Å²) in [6.07, 6.45) is 6.03. The van der Waals surface area contributed by atoms with Gasteiger partial charge in [-0.15, -0.1) is 0 Å². The van der Waals surface area contributed by atoms with Gasteiger partial charge in [0.25, 0.3) is 5.91 Å². The lowest BCUT2D eigenvalue weighted by Crippen LogP contribution is -2.44. The maximum atomic E-state index is 13.5. The maximum Gasteiger partial charge on any atom is 0.433 e. The zero-order chi connectivity index (χ0) is 39.6. The lowest BCUT2D eigenvalue weighted by molar-refractivity contribution is -0.141. The fourth-order valence-corrected chi connectivity index (χ4v) is 9.45. The van der Waals surface area contributed by atoms with Gasteiger partial charge in [0.1, 0.15) is 17.4 Å². The van der Waals surface area contributed by atoms with Gasteiger partial charge in [0, 0.05) is 37.3 Å². The number of imidazole rings is 1. The van der Waals surface area contributed by atoms with Gasteiger partial charge in [0.15, 0.2) is 0 Å². The first kappa shape index (κ1) is 37.3. The van der Waals surface area contributed by atoms with Crippen LogP contribution in [-0.4, -0.2) is 66.2 Å². The molecule has 4 aliphatic rings. The SMILES string of the molecule is Cn1c(=O)n(C2CCC(=O)NC2=O)c2cccc(C3CCN(CC4CCC(n5cc6cc(NC(=O)c7cccc(C(F)(F)F)n7)c(C7CC7)cc6n5)CC4)CC3)c21. The molecule has 0 spiro atoms. The number of nitrogens with zero attached hydrogens (tertiary/aromatic N) is 6. The van der Waals surface area contributed by atoms with Crippen molar-refractivity contribution in [2.45, 2.75) is 94.3 Å². The Kier molecular flexibility index (Phi) is 9.53. The number of likely N-dealkylation sites (tertiary alicyclic amines) is 1.